The van der Waals surface area contributed by atoms with Crippen LogP contribution in [-0.4, -0.2) is 11.9 Å². The van der Waals surface area contributed by atoms with Crippen molar-refractivity contribution in [3.8, 4) is 0 Å². The highest BCUT2D eigenvalue weighted by Crippen LogP contribution is 2.30. The highest BCUT2D eigenvalue weighted by molar-refractivity contribution is 5.82. The van der Waals surface area contributed by atoms with Crippen molar-refractivity contribution in [2.75, 3.05) is 0 Å². The van der Waals surface area contributed by atoms with E-state index in [4.69, 9.17) is 5.73 Å². The number of hydrogen-bond acceptors (Lipinski definition) is 1. The SMILES string of the molecule is CCC1CCCC1N=C(N)C(C)C. The van der Waals surface area contributed by atoms with Gasteiger partial charge in [-0.2, -0.15) is 0 Å². The molecule has 0 aromatic rings. The first-order valence-corrected chi connectivity index (χ1v) is 5.48. The minimum Gasteiger partial charge on any atom is -0.387 e. The van der Waals surface area contributed by atoms with Crippen LogP contribution in [0.1, 0.15) is 46.5 Å². The summed E-state index contributed by atoms with van der Waals surface area (Å²) in [4.78, 5) is 4.62. The average molecular weight is 182 g/mol. The number of nitrogens with two attached hydrogens (primary N) is 1. The number of aliphatic imine (C=N–C) groups is 1. The van der Waals surface area contributed by atoms with Crippen LogP contribution in [0.5, 0.6) is 0 Å². The summed E-state index contributed by atoms with van der Waals surface area (Å²) in [7, 11) is 0. The maximum atomic E-state index is 5.86. The third kappa shape index (κ3) is 2.71. The van der Waals surface area contributed by atoms with Crippen LogP contribution >= 0.6 is 0 Å². The number of nitrogens with zero attached hydrogens (tertiary/aromatic N) is 1. The topological polar surface area (TPSA) is 38.4 Å². The summed E-state index contributed by atoms with van der Waals surface area (Å²) < 4.78 is 0. The molecule has 1 aliphatic carbocycles. The Morgan fingerprint density at radius 2 is 2.15 bits per heavy atom. The normalized spacial score (nSPS) is 30.0. The van der Waals surface area contributed by atoms with E-state index in [1.807, 2.05) is 0 Å². The van der Waals surface area contributed by atoms with Gasteiger partial charge in [0.2, 0.25) is 0 Å². The van der Waals surface area contributed by atoms with Crippen LogP contribution in [0.2, 0.25) is 0 Å². The molecule has 0 aliphatic heterocycles. The highest BCUT2D eigenvalue weighted by atomic mass is 14.9. The minimum absolute atomic E-state index is 0.401. The van der Waals surface area contributed by atoms with Crippen molar-refractivity contribution in [2.24, 2.45) is 22.6 Å². The summed E-state index contributed by atoms with van der Waals surface area (Å²) >= 11 is 0. The molecule has 0 aromatic heterocycles. The summed E-state index contributed by atoms with van der Waals surface area (Å²) in [6.45, 7) is 6.47. The molecule has 1 rings (SSSR count). The van der Waals surface area contributed by atoms with Crippen molar-refractivity contribution in [1.29, 1.82) is 0 Å². The van der Waals surface area contributed by atoms with E-state index in [0.29, 0.717) is 12.0 Å². The zero-order chi connectivity index (χ0) is 9.84. The monoisotopic (exact) mass is 182 g/mol. The van der Waals surface area contributed by atoms with Gasteiger partial charge in [-0.05, 0) is 18.8 Å². The smallest absolute Gasteiger partial charge is 0.0966 e. The van der Waals surface area contributed by atoms with Gasteiger partial charge in [0, 0.05) is 5.92 Å². The number of rotatable bonds is 3. The van der Waals surface area contributed by atoms with Crippen molar-refractivity contribution in [3.63, 3.8) is 0 Å². The molecule has 0 heterocycles. The predicted molar refractivity (Wildman–Crippen MR) is 57.9 cm³/mol. The molecule has 2 nitrogen and oxygen atoms in total. The molecule has 0 bridgehead atoms. The lowest BCUT2D eigenvalue weighted by molar-refractivity contribution is 0.466. The van der Waals surface area contributed by atoms with Crippen LogP contribution in [0.4, 0.5) is 0 Å². The molecule has 0 radical (unpaired) electrons. The van der Waals surface area contributed by atoms with E-state index >= 15 is 0 Å². The molecule has 0 spiro atoms. The van der Waals surface area contributed by atoms with Crippen molar-refractivity contribution in [2.45, 2.75) is 52.5 Å². The third-order valence-electron chi connectivity index (χ3n) is 3.05. The molecule has 2 atom stereocenters. The van der Waals surface area contributed by atoms with Gasteiger partial charge in [0.1, 0.15) is 0 Å². The first kappa shape index (κ1) is 10.6. The van der Waals surface area contributed by atoms with Gasteiger partial charge in [0.25, 0.3) is 0 Å². The number of amidine groups is 1. The van der Waals surface area contributed by atoms with Gasteiger partial charge in [0.05, 0.1) is 11.9 Å². The van der Waals surface area contributed by atoms with Crippen molar-refractivity contribution < 1.29 is 0 Å². The Labute approximate surface area is 81.6 Å². The van der Waals surface area contributed by atoms with Gasteiger partial charge in [0.15, 0.2) is 0 Å². The Morgan fingerprint density at radius 1 is 1.46 bits per heavy atom. The van der Waals surface area contributed by atoms with E-state index in [1.54, 1.807) is 0 Å². The van der Waals surface area contributed by atoms with E-state index in [1.165, 1.54) is 25.7 Å². The Balaban J connectivity index is 2.56. The molecule has 1 saturated carbocycles. The van der Waals surface area contributed by atoms with Gasteiger partial charge in [-0.25, -0.2) is 0 Å². The van der Waals surface area contributed by atoms with Gasteiger partial charge in [-0.1, -0.05) is 33.6 Å². The largest absolute Gasteiger partial charge is 0.387 e. The Morgan fingerprint density at radius 3 is 2.69 bits per heavy atom. The summed E-state index contributed by atoms with van der Waals surface area (Å²) in [5, 5.41) is 0. The van der Waals surface area contributed by atoms with Crippen LogP contribution in [0, 0.1) is 11.8 Å². The molecule has 0 amide bonds. The molecule has 2 heteroatoms. The van der Waals surface area contributed by atoms with Crippen molar-refractivity contribution in [3.05, 3.63) is 0 Å². The van der Waals surface area contributed by atoms with Gasteiger partial charge in [-0.3, -0.25) is 4.99 Å². The fourth-order valence-electron chi connectivity index (χ4n) is 2.00. The van der Waals surface area contributed by atoms with E-state index in [-0.39, 0.29) is 0 Å². The van der Waals surface area contributed by atoms with Gasteiger partial charge in [-0.15, -0.1) is 0 Å². The van der Waals surface area contributed by atoms with Crippen LogP contribution in [-0.2, 0) is 0 Å². The summed E-state index contributed by atoms with van der Waals surface area (Å²) in [6, 6.07) is 0.521. The lowest BCUT2D eigenvalue weighted by Gasteiger charge is -2.15. The zero-order valence-corrected chi connectivity index (χ0v) is 9.09. The molecule has 2 N–H and O–H groups in total. The van der Waals surface area contributed by atoms with E-state index in [9.17, 15) is 0 Å². The predicted octanol–water partition coefficient (Wildman–Crippen LogP) is 2.58. The summed E-state index contributed by atoms with van der Waals surface area (Å²) in [6.07, 6.45) is 5.17. The Hall–Kier alpha value is -0.530. The lowest BCUT2D eigenvalue weighted by Crippen LogP contribution is -2.23. The fraction of sp³-hybridized carbons (Fsp3) is 0.909. The summed E-state index contributed by atoms with van der Waals surface area (Å²) in [5.41, 5.74) is 5.86. The van der Waals surface area contributed by atoms with Crippen molar-refractivity contribution >= 4 is 5.84 Å². The second kappa shape index (κ2) is 4.64. The highest BCUT2D eigenvalue weighted by Gasteiger charge is 2.25. The standard InChI is InChI=1S/C11H22N2/c1-4-9-6-5-7-10(9)13-11(12)8(2)3/h8-10H,4-7H2,1-3H3,(H2,12,13). The number of hydrogen-bond donors (Lipinski definition) is 1. The molecule has 1 aliphatic rings. The second-order valence-corrected chi connectivity index (χ2v) is 4.38. The molecule has 1 fully saturated rings. The third-order valence-corrected chi connectivity index (χ3v) is 3.05. The van der Waals surface area contributed by atoms with Crippen molar-refractivity contribution in [1.82, 2.24) is 0 Å². The van der Waals surface area contributed by atoms with Crippen LogP contribution < -0.4 is 5.73 Å². The molecular weight excluding hydrogens is 160 g/mol. The van der Waals surface area contributed by atoms with E-state index in [0.717, 1.165) is 11.8 Å². The fourth-order valence-corrected chi connectivity index (χ4v) is 2.00. The molecule has 2 unspecified atom stereocenters. The average Bonchev–Trinajstić information content (AvgIpc) is 2.51. The van der Waals surface area contributed by atoms with Crippen LogP contribution in [0.3, 0.4) is 0 Å². The maximum Gasteiger partial charge on any atom is 0.0966 e. The quantitative estimate of drug-likeness (QED) is 0.528. The molecule has 0 aromatic carbocycles. The minimum atomic E-state index is 0.401. The molecule has 76 valence electrons. The Kier molecular flexibility index (Phi) is 3.76. The van der Waals surface area contributed by atoms with Gasteiger partial charge >= 0.3 is 0 Å². The molecule has 13 heavy (non-hydrogen) atoms. The first-order valence-electron chi connectivity index (χ1n) is 5.48. The maximum absolute atomic E-state index is 5.86. The van der Waals surface area contributed by atoms with Crippen LogP contribution in [0.25, 0.3) is 0 Å². The van der Waals surface area contributed by atoms with E-state index < -0.39 is 0 Å². The second-order valence-electron chi connectivity index (χ2n) is 4.38. The molecular formula is C11H22N2. The van der Waals surface area contributed by atoms with Crippen LogP contribution in [0.15, 0.2) is 4.99 Å². The van der Waals surface area contributed by atoms with E-state index in [2.05, 4.69) is 25.8 Å². The Bertz CT molecular complexity index is 185. The summed E-state index contributed by atoms with van der Waals surface area (Å²) in [5.74, 6) is 2.03. The zero-order valence-electron chi connectivity index (χ0n) is 9.09. The first-order chi connectivity index (χ1) is 6.15. The molecule has 0 saturated heterocycles. The van der Waals surface area contributed by atoms with Gasteiger partial charge < -0.3 is 5.73 Å². The lowest BCUT2D eigenvalue weighted by atomic mass is 10.0.